The Labute approximate surface area is 165 Å². The standard InChI is InChI=1S/C21H19F4N3O/c1-13(22)20(29)28-12-16-4-3-15(11-18(16)19(26)9-10-27-2)14-5-7-17(8-6-14)21(23,24)25/h3-11H,1,12,26H2,2H3,(H,28,29)/b19-9-,27-10?. The number of nitrogens with one attached hydrogen (secondary N) is 1. The Hall–Kier alpha value is -3.42. The van der Waals surface area contributed by atoms with Gasteiger partial charge in [0.1, 0.15) is 0 Å². The van der Waals surface area contributed by atoms with Crippen LogP contribution in [0.15, 0.2) is 65.9 Å². The SMILES string of the molecule is C=C(F)C(=O)NCc1ccc(-c2ccc(C(F)(F)F)cc2)cc1/C(N)=C/C=NC. The number of carbonyl (C=O) groups is 1. The topological polar surface area (TPSA) is 67.5 Å². The summed E-state index contributed by atoms with van der Waals surface area (Å²) in [6.07, 6.45) is -1.39. The zero-order valence-electron chi connectivity index (χ0n) is 15.6. The Morgan fingerprint density at radius 3 is 2.34 bits per heavy atom. The number of allylic oxidation sites excluding steroid dienone is 1. The van der Waals surface area contributed by atoms with Crippen LogP contribution in [0.25, 0.3) is 16.8 Å². The van der Waals surface area contributed by atoms with E-state index in [0.29, 0.717) is 28.0 Å². The van der Waals surface area contributed by atoms with Crippen molar-refractivity contribution in [3.8, 4) is 11.1 Å². The number of alkyl halides is 3. The van der Waals surface area contributed by atoms with Gasteiger partial charge in [0.25, 0.3) is 5.91 Å². The number of carbonyl (C=O) groups excluding carboxylic acids is 1. The molecule has 152 valence electrons. The normalized spacial score (nSPS) is 12.2. The molecule has 0 radical (unpaired) electrons. The van der Waals surface area contributed by atoms with Crippen LogP contribution in [-0.4, -0.2) is 19.2 Å². The summed E-state index contributed by atoms with van der Waals surface area (Å²) < 4.78 is 51.2. The van der Waals surface area contributed by atoms with E-state index in [1.54, 1.807) is 31.3 Å². The van der Waals surface area contributed by atoms with E-state index in [2.05, 4.69) is 16.9 Å². The van der Waals surface area contributed by atoms with E-state index in [9.17, 15) is 22.4 Å². The van der Waals surface area contributed by atoms with Gasteiger partial charge in [0.15, 0.2) is 5.83 Å². The fraction of sp³-hybridized carbons (Fsp3) is 0.143. The van der Waals surface area contributed by atoms with E-state index in [-0.39, 0.29) is 6.54 Å². The first-order valence-corrected chi connectivity index (χ1v) is 8.45. The Morgan fingerprint density at radius 2 is 1.79 bits per heavy atom. The number of hydrogen-bond acceptors (Lipinski definition) is 3. The average molecular weight is 405 g/mol. The van der Waals surface area contributed by atoms with Crippen molar-refractivity contribution < 1.29 is 22.4 Å². The second-order valence-electron chi connectivity index (χ2n) is 6.06. The Morgan fingerprint density at radius 1 is 1.17 bits per heavy atom. The van der Waals surface area contributed by atoms with Crippen LogP contribution >= 0.6 is 0 Å². The van der Waals surface area contributed by atoms with E-state index >= 15 is 0 Å². The average Bonchev–Trinajstić information content (AvgIpc) is 2.69. The lowest BCUT2D eigenvalue weighted by Gasteiger charge is -2.14. The zero-order valence-corrected chi connectivity index (χ0v) is 15.6. The Kier molecular flexibility index (Phi) is 6.93. The van der Waals surface area contributed by atoms with Crippen LogP contribution in [0.5, 0.6) is 0 Å². The maximum absolute atomic E-state index is 12.9. The quantitative estimate of drug-likeness (QED) is 0.423. The third kappa shape index (κ3) is 5.78. The molecule has 2 aromatic rings. The van der Waals surface area contributed by atoms with Crippen molar-refractivity contribution in [1.82, 2.24) is 5.32 Å². The van der Waals surface area contributed by atoms with Gasteiger partial charge in [-0.05, 0) is 41.0 Å². The highest BCUT2D eigenvalue weighted by Crippen LogP contribution is 2.32. The van der Waals surface area contributed by atoms with Crippen molar-refractivity contribution in [2.75, 3.05) is 7.05 Å². The van der Waals surface area contributed by atoms with Gasteiger partial charge in [0, 0.05) is 31.1 Å². The minimum Gasteiger partial charge on any atom is -0.398 e. The summed E-state index contributed by atoms with van der Waals surface area (Å²) in [5, 5.41) is 2.38. The van der Waals surface area contributed by atoms with Crippen molar-refractivity contribution in [2.24, 2.45) is 10.7 Å². The molecule has 0 aliphatic carbocycles. The van der Waals surface area contributed by atoms with E-state index in [1.165, 1.54) is 18.3 Å². The molecule has 0 saturated heterocycles. The van der Waals surface area contributed by atoms with Gasteiger partial charge in [0.05, 0.1) is 5.56 Å². The summed E-state index contributed by atoms with van der Waals surface area (Å²) in [7, 11) is 1.57. The number of nitrogens with zero attached hydrogens (tertiary/aromatic N) is 1. The number of benzene rings is 2. The van der Waals surface area contributed by atoms with Crippen LogP contribution in [0.3, 0.4) is 0 Å². The maximum atomic E-state index is 12.9. The Bertz CT molecular complexity index is 961. The minimum absolute atomic E-state index is 0.0117. The highest BCUT2D eigenvalue weighted by Gasteiger charge is 2.30. The lowest BCUT2D eigenvalue weighted by Crippen LogP contribution is -2.23. The monoisotopic (exact) mass is 405 g/mol. The molecule has 0 bridgehead atoms. The summed E-state index contributed by atoms with van der Waals surface area (Å²) >= 11 is 0. The molecular formula is C21H19F4N3O. The molecular weight excluding hydrogens is 386 g/mol. The fourth-order valence-electron chi connectivity index (χ4n) is 2.55. The third-order valence-corrected chi connectivity index (χ3v) is 4.06. The van der Waals surface area contributed by atoms with Gasteiger partial charge in [-0.25, -0.2) is 4.39 Å². The molecule has 0 fully saturated rings. The highest BCUT2D eigenvalue weighted by atomic mass is 19.4. The lowest BCUT2D eigenvalue weighted by molar-refractivity contribution is -0.137. The van der Waals surface area contributed by atoms with Gasteiger partial charge in [-0.1, -0.05) is 30.8 Å². The summed E-state index contributed by atoms with van der Waals surface area (Å²) in [5.74, 6) is -2.06. The van der Waals surface area contributed by atoms with Crippen LogP contribution < -0.4 is 11.1 Å². The summed E-state index contributed by atoms with van der Waals surface area (Å²) in [5.41, 5.74) is 7.99. The first-order chi connectivity index (χ1) is 13.6. The molecule has 29 heavy (non-hydrogen) atoms. The van der Waals surface area contributed by atoms with Crippen molar-refractivity contribution in [3.63, 3.8) is 0 Å². The molecule has 4 nitrogen and oxygen atoms in total. The van der Waals surface area contributed by atoms with Crippen LogP contribution in [-0.2, 0) is 17.5 Å². The molecule has 3 N–H and O–H groups in total. The maximum Gasteiger partial charge on any atom is 0.416 e. The number of rotatable bonds is 6. The predicted octanol–water partition coefficient (Wildman–Crippen LogP) is 4.47. The fourth-order valence-corrected chi connectivity index (χ4v) is 2.55. The third-order valence-electron chi connectivity index (χ3n) is 4.06. The van der Waals surface area contributed by atoms with Crippen molar-refractivity contribution in [2.45, 2.75) is 12.7 Å². The zero-order chi connectivity index (χ0) is 21.6. The molecule has 2 aromatic carbocycles. The van der Waals surface area contributed by atoms with Gasteiger partial charge in [-0.2, -0.15) is 13.2 Å². The summed E-state index contributed by atoms with van der Waals surface area (Å²) in [4.78, 5) is 15.2. The molecule has 2 rings (SSSR count). The Balaban J connectivity index is 2.43. The largest absolute Gasteiger partial charge is 0.416 e. The first-order valence-electron chi connectivity index (χ1n) is 8.45. The molecule has 1 amide bonds. The molecule has 0 atom stereocenters. The molecule has 0 unspecified atom stereocenters. The number of nitrogens with two attached hydrogens (primary N) is 1. The van der Waals surface area contributed by atoms with Gasteiger partial charge in [-0.15, -0.1) is 0 Å². The van der Waals surface area contributed by atoms with Crippen LogP contribution in [0.2, 0.25) is 0 Å². The predicted molar refractivity (Wildman–Crippen MR) is 106 cm³/mol. The highest BCUT2D eigenvalue weighted by molar-refractivity contribution is 5.90. The summed E-state index contributed by atoms with van der Waals surface area (Å²) in [6.45, 7) is 2.92. The van der Waals surface area contributed by atoms with Crippen molar-refractivity contribution in [3.05, 3.63) is 77.6 Å². The van der Waals surface area contributed by atoms with E-state index in [1.807, 2.05) is 0 Å². The smallest absolute Gasteiger partial charge is 0.398 e. The molecule has 0 heterocycles. The molecule has 0 aromatic heterocycles. The van der Waals surface area contributed by atoms with Crippen LogP contribution in [0, 0.1) is 0 Å². The van der Waals surface area contributed by atoms with Gasteiger partial charge >= 0.3 is 6.18 Å². The van der Waals surface area contributed by atoms with Crippen LogP contribution in [0.1, 0.15) is 16.7 Å². The number of hydrogen-bond donors (Lipinski definition) is 2. The van der Waals surface area contributed by atoms with Gasteiger partial charge < -0.3 is 11.1 Å². The molecule has 0 spiro atoms. The molecule has 8 heteroatoms. The lowest BCUT2D eigenvalue weighted by atomic mass is 9.96. The van der Waals surface area contributed by atoms with E-state index in [4.69, 9.17) is 5.73 Å². The second kappa shape index (κ2) is 9.18. The van der Waals surface area contributed by atoms with Gasteiger partial charge in [0.2, 0.25) is 0 Å². The molecule has 0 aliphatic rings. The summed E-state index contributed by atoms with van der Waals surface area (Å²) in [6, 6.07) is 9.75. The van der Waals surface area contributed by atoms with E-state index < -0.39 is 23.5 Å². The molecule has 0 saturated carbocycles. The number of amides is 1. The van der Waals surface area contributed by atoms with Crippen LogP contribution in [0.4, 0.5) is 17.6 Å². The number of halogens is 4. The molecule has 0 aliphatic heterocycles. The second-order valence-corrected chi connectivity index (χ2v) is 6.06. The van der Waals surface area contributed by atoms with Crippen molar-refractivity contribution >= 4 is 17.8 Å². The van der Waals surface area contributed by atoms with Gasteiger partial charge in [-0.3, -0.25) is 9.79 Å². The minimum atomic E-state index is -4.42. The number of aliphatic imine (C=N–C) groups is 1. The van der Waals surface area contributed by atoms with E-state index in [0.717, 1.165) is 12.1 Å². The first kappa shape index (κ1) is 21.9. The van der Waals surface area contributed by atoms with Crippen molar-refractivity contribution in [1.29, 1.82) is 0 Å².